The van der Waals surface area contributed by atoms with Gasteiger partial charge in [-0.25, -0.2) is 0 Å². The maximum absolute atomic E-state index is 12.8. The largest absolute Gasteiger partial charge is 0.339 e. The van der Waals surface area contributed by atoms with Crippen LogP contribution in [0.3, 0.4) is 0 Å². The van der Waals surface area contributed by atoms with Crippen LogP contribution in [0.4, 0.5) is 0 Å². The Balaban J connectivity index is 1.77. The molecule has 3 rings (SSSR count). The molecule has 0 spiro atoms. The van der Waals surface area contributed by atoms with Crippen LogP contribution in [0.5, 0.6) is 0 Å². The third-order valence-electron chi connectivity index (χ3n) is 4.35. The minimum absolute atomic E-state index is 0.212. The lowest BCUT2D eigenvalue weighted by Gasteiger charge is -2.35. The number of carbonyl (C=O) groups excluding carboxylic acids is 1. The van der Waals surface area contributed by atoms with Gasteiger partial charge >= 0.3 is 0 Å². The number of benzene rings is 1. The maximum atomic E-state index is 12.8. The first-order valence-electron chi connectivity index (χ1n) is 6.86. The van der Waals surface area contributed by atoms with Gasteiger partial charge in [0.15, 0.2) is 0 Å². The monoisotopic (exact) mass is 322 g/mol. The number of nitrogens with zero attached hydrogens (tertiary/aromatic N) is 2. The molecule has 1 heterocycles. The van der Waals surface area contributed by atoms with Crippen molar-refractivity contribution in [3.63, 3.8) is 0 Å². The molecule has 2 aliphatic rings. The summed E-state index contributed by atoms with van der Waals surface area (Å²) in [4.78, 5) is 17.1. The van der Waals surface area contributed by atoms with E-state index < -0.39 is 0 Å². The molecule has 1 aliphatic carbocycles. The number of likely N-dealkylation sites (N-methyl/N-ethyl adjacent to an activating group) is 1. The van der Waals surface area contributed by atoms with Crippen LogP contribution < -0.4 is 0 Å². The molecule has 0 atom stereocenters. The second kappa shape index (κ2) is 4.91. The highest BCUT2D eigenvalue weighted by molar-refractivity contribution is 9.10. The zero-order chi connectivity index (χ0) is 13.5. The highest BCUT2D eigenvalue weighted by Crippen LogP contribution is 2.49. The first kappa shape index (κ1) is 13.1. The quantitative estimate of drug-likeness (QED) is 0.833. The van der Waals surface area contributed by atoms with E-state index >= 15 is 0 Å². The maximum Gasteiger partial charge on any atom is 0.233 e. The number of hydrogen-bond acceptors (Lipinski definition) is 2. The predicted molar refractivity (Wildman–Crippen MR) is 79.1 cm³/mol. The van der Waals surface area contributed by atoms with Crippen LogP contribution in [0, 0.1) is 0 Å². The van der Waals surface area contributed by atoms with Gasteiger partial charge in [-0.1, -0.05) is 28.1 Å². The highest BCUT2D eigenvalue weighted by atomic mass is 79.9. The van der Waals surface area contributed by atoms with Crippen LogP contribution in [-0.4, -0.2) is 48.9 Å². The van der Waals surface area contributed by atoms with E-state index in [0.29, 0.717) is 5.91 Å². The molecule has 4 heteroatoms. The lowest BCUT2D eigenvalue weighted by molar-refractivity contribution is -0.135. The number of amides is 1. The number of rotatable bonds is 2. The molecule has 1 saturated heterocycles. The molecular formula is C15H19BrN2O. The van der Waals surface area contributed by atoms with Crippen molar-refractivity contribution in [1.29, 1.82) is 0 Å². The number of hydrogen-bond donors (Lipinski definition) is 0. The first-order chi connectivity index (χ1) is 9.12. The van der Waals surface area contributed by atoms with Crippen molar-refractivity contribution >= 4 is 21.8 Å². The SMILES string of the molecule is CN1CCN(C(=O)C2(c3ccc(Br)cc3)CC2)CC1. The van der Waals surface area contributed by atoms with Gasteiger partial charge in [0, 0.05) is 30.7 Å². The van der Waals surface area contributed by atoms with Crippen molar-refractivity contribution in [3.8, 4) is 0 Å². The molecule has 1 aliphatic heterocycles. The molecule has 102 valence electrons. The van der Waals surface area contributed by atoms with Gasteiger partial charge in [-0.2, -0.15) is 0 Å². The van der Waals surface area contributed by atoms with E-state index in [1.807, 2.05) is 12.1 Å². The lowest BCUT2D eigenvalue weighted by Crippen LogP contribution is -2.50. The Kier molecular flexibility index (Phi) is 3.39. The Morgan fingerprint density at radius 2 is 1.68 bits per heavy atom. The summed E-state index contributed by atoms with van der Waals surface area (Å²) in [7, 11) is 2.11. The normalized spacial score (nSPS) is 22.3. The average molecular weight is 323 g/mol. The minimum atomic E-state index is -0.212. The molecule has 3 nitrogen and oxygen atoms in total. The van der Waals surface area contributed by atoms with Crippen LogP contribution in [-0.2, 0) is 10.2 Å². The van der Waals surface area contributed by atoms with Crippen LogP contribution in [0.15, 0.2) is 28.7 Å². The van der Waals surface area contributed by atoms with Gasteiger partial charge in [0.1, 0.15) is 0 Å². The van der Waals surface area contributed by atoms with Crippen LogP contribution >= 0.6 is 15.9 Å². The van der Waals surface area contributed by atoms with Crippen molar-refractivity contribution in [1.82, 2.24) is 9.80 Å². The van der Waals surface area contributed by atoms with Gasteiger partial charge in [-0.05, 0) is 37.6 Å². The Labute approximate surface area is 122 Å². The van der Waals surface area contributed by atoms with Crippen molar-refractivity contribution in [2.24, 2.45) is 0 Å². The van der Waals surface area contributed by atoms with E-state index in [4.69, 9.17) is 0 Å². The summed E-state index contributed by atoms with van der Waals surface area (Å²) >= 11 is 3.45. The van der Waals surface area contributed by atoms with Gasteiger partial charge in [0.05, 0.1) is 5.41 Å². The second-order valence-electron chi connectivity index (χ2n) is 5.68. The third kappa shape index (κ3) is 2.43. The van der Waals surface area contributed by atoms with E-state index in [-0.39, 0.29) is 5.41 Å². The molecule has 1 aromatic carbocycles. The molecule has 0 aromatic heterocycles. The second-order valence-corrected chi connectivity index (χ2v) is 6.60. The summed E-state index contributed by atoms with van der Waals surface area (Å²) in [5.41, 5.74) is 0.969. The van der Waals surface area contributed by atoms with Gasteiger partial charge in [0.2, 0.25) is 5.91 Å². The average Bonchev–Trinajstić information content (AvgIpc) is 3.21. The predicted octanol–water partition coefficient (Wildman–Crippen LogP) is 2.25. The summed E-state index contributed by atoms with van der Waals surface area (Å²) < 4.78 is 1.07. The number of carbonyl (C=O) groups is 1. The lowest BCUT2D eigenvalue weighted by atomic mass is 9.94. The summed E-state index contributed by atoms with van der Waals surface area (Å²) in [6.07, 6.45) is 2.00. The fraction of sp³-hybridized carbons (Fsp3) is 0.533. The van der Waals surface area contributed by atoms with Crippen LogP contribution in [0.1, 0.15) is 18.4 Å². The fourth-order valence-corrected chi connectivity index (χ4v) is 3.10. The Morgan fingerprint density at radius 1 is 1.11 bits per heavy atom. The molecule has 0 bridgehead atoms. The topological polar surface area (TPSA) is 23.6 Å². The van der Waals surface area contributed by atoms with Crippen molar-refractivity contribution in [2.75, 3.05) is 33.2 Å². The van der Waals surface area contributed by atoms with Crippen LogP contribution in [0.25, 0.3) is 0 Å². The van der Waals surface area contributed by atoms with E-state index in [1.54, 1.807) is 0 Å². The van der Waals surface area contributed by atoms with Crippen molar-refractivity contribution < 1.29 is 4.79 Å². The van der Waals surface area contributed by atoms with E-state index in [0.717, 1.165) is 43.5 Å². The molecular weight excluding hydrogens is 304 g/mol. The smallest absolute Gasteiger partial charge is 0.233 e. The van der Waals surface area contributed by atoms with Crippen molar-refractivity contribution in [3.05, 3.63) is 34.3 Å². The van der Waals surface area contributed by atoms with E-state index in [9.17, 15) is 4.79 Å². The minimum Gasteiger partial charge on any atom is -0.339 e. The van der Waals surface area contributed by atoms with E-state index in [1.165, 1.54) is 5.56 Å². The van der Waals surface area contributed by atoms with Gasteiger partial charge in [-0.3, -0.25) is 4.79 Å². The standard InChI is InChI=1S/C15H19BrN2O/c1-17-8-10-18(11-9-17)14(19)15(6-7-15)12-2-4-13(16)5-3-12/h2-5H,6-11H2,1H3. The van der Waals surface area contributed by atoms with E-state index in [2.05, 4.69) is 44.9 Å². The zero-order valence-electron chi connectivity index (χ0n) is 11.2. The number of piperazine rings is 1. The molecule has 2 fully saturated rings. The highest BCUT2D eigenvalue weighted by Gasteiger charge is 2.53. The molecule has 1 saturated carbocycles. The Morgan fingerprint density at radius 3 is 2.21 bits per heavy atom. The summed E-state index contributed by atoms with van der Waals surface area (Å²) in [5.74, 6) is 0.336. The van der Waals surface area contributed by atoms with Gasteiger partial charge in [0.25, 0.3) is 0 Å². The third-order valence-corrected chi connectivity index (χ3v) is 4.88. The summed E-state index contributed by atoms with van der Waals surface area (Å²) in [6.45, 7) is 3.71. The fourth-order valence-electron chi connectivity index (χ4n) is 2.83. The summed E-state index contributed by atoms with van der Waals surface area (Å²) in [6, 6.07) is 8.25. The molecule has 1 amide bonds. The molecule has 0 unspecified atom stereocenters. The molecule has 1 aromatic rings. The van der Waals surface area contributed by atoms with Gasteiger partial charge < -0.3 is 9.80 Å². The number of halogens is 1. The molecule has 0 radical (unpaired) electrons. The zero-order valence-corrected chi connectivity index (χ0v) is 12.8. The molecule has 19 heavy (non-hydrogen) atoms. The Hall–Kier alpha value is -0.870. The van der Waals surface area contributed by atoms with Crippen LogP contribution in [0.2, 0.25) is 0 Å². The van der Waals surface area contributed by atoms with Gasteiger partial charge in [-0.15, -0.1) is 0 Å². The first-order valence-corrected chi connectivity index (χ1v) is 7.65. The molecule has 0 N–H and O–H groups in total. The summed E-state index contributed by atoms with van der Waals surface area (Å²) in [5, 5.41) is 0. The Bertz CT molecular complexity index is 473. The van der Waals surface area contributed by atoms with Crippen molar-refractivity contribution in [2.45, 2.75) is 18.3 Å².